The van der Waals surface area contributed by atoms with Crippen LogP contribution in [-0.4, -0.2) is 0 Å². The molecule has 54 valence electrons. The van der Waals surface area contributed by atoms with Gasteiger partial charge in [0.1, 0.15) is 5.82 Å². The molecule has 0 radical (unpaired) electrons. The van der Waals surface area contributed by atoms with Crippen LogP contribution in [0.1, 0.15) is 5.56 Å². The number of hydrogen-bond donors (Lipinski definition) is 0. The molecule has 0 aromatic heterocycles. The third-order valence-electron chi connectivity index (χ3n) is 1.23. The summed E-state index contributed by atoms with van der Waals surface area (Å²) in [6.45, 7) is 1.72. The van der Waals surface area contributed by atoms with Gasteiger partial charge in [0.25, 0.3) is 0 Å². The van der Waals surface area contributed by atoms with E-state index in [0.717, 1.165) is 0 Å². The molecule has 1 aromatic carbocycles. The third kappa shape index (κ3) is 1.42. The Morgan fingerprint density at radius 2 is 2.10 bits per heavy atom. The predicted octanol–water partition coefficient (Wildman–Crippen LogP) is 3.39. The van der Waals surface area contributed by atoms with Gasteiger partial charge in [-0.3, -0.25) is 0 Å². The molecular weight excluding hydrogens is 265 g/mol. The van der Waals surface area contributed by atoms with E-state index in [9.17, 15) is 4.39 Å². The van der Waals surface area contributed by atoms with Crippen molar-refractivity contribution in [3.8, 4) is 0 Å². The van der Waals surface area contributed by atoms with E-state index in [-0.39, 0.29) is 5.82 Å². The first kappa shape index (κ1) is 8.27. The van der Waals surface area contributed by atoms with Crippen molar-refractivity contribution in [2.24, 2.45) is 0 Å². The fourth-order valence-corrected chi connectivity index (χ4v) is 1.37. The van der Waals surface area contributed by atoms with Crippen LogP contribution in [0.25, 0.3) is 0 Å². The minimum Gasteiger partial charge on any atom is -0.205 e. The van der Waals surface area contributed by atoms with E-state index < -0.39 is 0 Å². The first-order valence-electron chi connectivity index (χ1n) is 2.73. The van der Waals surface area contributed by atoms with Crippen molar-refractivity contribution in [2.75, 3.05) is 0 Å². The topological polar surface area (TPSA) is 0 Å². The second-order valence-corrected chi connectivity index (χ2v) is 3.48. The van der Waals surface area contributed by atoms with Crippen molar-refractivity contribution < 1.29 is 4.39 Å². The van der Waals surface area contributed by atoms with Crippen molar-refractivity contribution in [1.29, 1.82) is 0 Å². The summed E-state index contributed by atoms with van der Waals surface area (Å²) in [5.74, 6) is -0.215. The maximum atomic E-state index is 12.9. The highest BCUT2D eigenvalue weighted by molar-refractivity contribution is 14.1. The number of aryl methyl sites for hydroxylation is 1. The van der Waals surface area contributed by atoms with Crippen LogP contribution in [0.4, 0.5) is 4.39 Å². The molecule has 0 aliphatic rings. The first-order chi connectivity index (χ1) is 4.63. The minimum atomic E-state index is -0.215. The minimum absolute atomic E-state index is 0.215. The van der Waals surface area contributed by atoms with Gasteiger partial charge in [-0.25, -0.2) is 4.39 Å². The van der Waals surface area contributed by atoms with Crippen LogP contribution < -0.4 is 0 Å². The van der Waals surface area contributed by atoms with Gasteiger partial charge in [-0.05, 0) is 41.1 Å². The lowest BCUT2D eigenvalue weighted by atomic mass is 10.2. The Hall–Kier alpha value is 0.170. The van der Waals surface area contributed by atoms with Crippen molar-refractivity contribution >= 4 is 34.2 Å². The maximum absolute atomic E-state index is 12.9. The predicted molar refractivity (Wildman–Crippen MR) is 48.9 cm³/mol. The molecule has 0 nitrogen and oxygen atoms in total. The van der Waals surface area contributed by atoms with E-state index in [1.165, 1.54) is 0 Å². The molecule has 0 saturated carbocycles. The van der Waals surface area contributed by atoms with E-state index in [1.54, 1.807) is 19.1 Å². The van der Waals surface area contributed by atoms with Gasteiger partial charge < -0.3 is 0 Å². The summed E-state index contributed by atoms with van der Waals surface area (Å²) in [6, 6.07) is 3.36. The van der Waals surface area contributed by atoms with Crippen molar-refractivity contribution in [3.05, 3.63) is 32.1 Å². The van der Waals surface area contributed by atoms with Gasteiger partial charge >= 0.3 is 0 Å². The Bertz CT molecular complexity index is 233. The van der Waals surface area contributed by atoms with E-state index in [4.69, 9.17) is 11.6 Å². The lowest BCUT2D eigenvalue weighted by Crippen LogP contribution is -1.86. The maximum Gasteiger partial charge on any atom is 0.140 e. The molecule has 0 atom stereocenters. The Morgan fingerprint density at radius 3 is 2.60 bits per heavy atom. The highest BCUT2D eigenvalue weighted by Crippen LogP contribution is 2.22. The molecular formula is C7H5ClFI. The normalized spacial score (nSPS) is 10.0. The molecule has 0 spiro atoms. The van der Waals surface area contributed by atoms with Crippen molar-refractivity contribution in [3.63, 3.8) is 0 Å². The summed E-state index contributed by atoms with van der Waals surface area (Å²) in [5, 5.41) is 0.476. The molecule has 0 heterocycles. The van der Waals surface area contributed by atoms with Gasteiger partial charge in [-0.15, -0.1) is 0 Å². The Labute approximate surface area is 77.5 Å². The summed E-state index contributed by atoms with van der Waals surface area (Å²) >= 11 is 7.53. The SMILES string of the molecule is Cc1ccc(Cl)c(I)c1F. The molecule has 0 N–H and O–H groups in total. The van der Waals surface area contributed by atoms with Crippen LogP contribution in [0.3, 0.4) is 0 Å². The smallest absolute Gasteiger partial charge is 0.140 e. The van der Waals surface area contributed by atoms with E-state index in [1.807, 2.05) is 22.6 Å². The van der Waals surface area contributed by atoms with Gasteiger partial charge in [-0.1, -0.05) is 17.7 Å². The molecule has 0 fully saturated rings. The summed E-state index contributed by atoms with van der Waals surface area (Å²) in [7, 11) is 0. The van der Waals surface area contributed by atoms with Crippen LogP contribution >= 0.6 is 34.2 Å². The fourth-order valence-electron chi connectivity index (χ4n) is 0.622. The van der Waals surface area contributed by atoms with E-state index in [2.05, 4.69) is 0 Å². The second kappa shape index (κ2) is 3.05. The summed E-state index contributed by atoms with van der Waals surface area (Å²) in [4.78, 5) is 0. The number of hydrogen-bond acceptors (Lipinski definition) is 0. The molecule has 0 amide bonds. The molecule has 10 heavy (non-hydrogen) atoms. The van der Waals surface area contributed by atoms with E-state index >= 15 is 0 Å². The largest absolute Gasteiger partial charge is 0.205 e. The molecule has 0 unspecified atom stereocenters. The average molecular weight is 270 g/mol. The molecule has 3 heteroatoms. The summed E-state index contributed by atoms with van der Waals surface area (Å²) in [5.41, 5.74) is 0.633. The fraction of sp³-hybridized carbons (Fsp3) is 0.143. The number of rotatable bonds is 0. The van der Waals surface area contributed by atoms with Crippen molar-refractivity contribution in [2.45, 2.75) is 6.92 Å². The zero-order chi connectivity index (χ0) is 7.72. The molecule has 0 saturated heterocycles. The van der Waals surface area contributed by atoms with E-state index in [0.29, 0.717) is 14.2 Å². The number of halogens is 3. The molecule has 1 rings (SSSR count). The quantitative estimate of drug-likeness (QED) is 0.501. The third-order valence-corrected chi connectivity index (χ3v) is 2.92. The second-order valence-electron chi connectivity index (χ2n) is 1.99. The Balaban J connectivity index is 3.34. The van der Waals surface area contributed by atoms with Crippen LogP contribution in [0.5, 0.6) is 0 Å². The van der Waals surface area contributed by atoms with Gasteiger partial charge in [0.05, 0.1) is 8.59 Å². The lowest BCUT2D eigenvalue weighted by Gasteiger charge is -1.99. The van der Waals surface area contributed by atoms with Gasteiger partial charge in [0.2, 0.25) is 0 Å². The zero-order valence-electron chi connectivity index (χ0n) is 5.29. The molecule has 0 aliphatic heterocycles. The summed E-state index contributed by atoms with van der Waals surface area (Å²) in [6.07, 6.45) is 0. The molecule has 0 bridgehead atoms. The summed E-state index contributed by atoms with van der Waals surface area (Å²) < 4.78 is 13.4. The first-order valence-corrected chi connectivity index (χ1v) is 4.18. The molecule has 0 aliphatic carbocycles. The van der Waals surface area contributed by atoms with Crippen LogP contribution in [0.2, 0.25) is 5.02 Å². The van der Waals surface area contributed by atoms with Gasteiger partial charge in [0.15, 0.2) is 0 Å². The highest BCUT2D eigenvalue weighted by atomic mass is 127. The lowest BCUT2D eigenvalue weighted by molar-refractivity contribution is 0.611. The zero-order valence-corrected chi connectivity index (χ0v) is 8.20. The Morgan fingerprint density at radius 1 is 1.50 bits per heavy atom. The molecule has 1 aromatic rings. The van der Waals surface area contributed by atoms with Crippen LogP contribution in [0.15, 0.2) is 12.1 Å². The highest BCUT2D eigenvalue weighted by Gasteiger charge is 2.05. The van der Waals surface area contributed by atoms with Gasteiger partial charge in [0, 0.05) is 0 Å². The van der Waals surface area contributed by atoms with Gasteiger partial charge in [-0.2, -0.15) is 0 Å². The van der Waals surface area contributed by atoms with Crippen LogP contribution in [0, 0.1) is 16.3 Å². The average Bonchev–Trinajstić information content (AvgIpc) is 1.93. The Kier molecular flexibility index (Phi) is 2.52. The monoisotopic (exact) mass is 270 g/mol. The van der Waals surface area contributed by atoms with Crippen molar-refractivity contribution in [1.82, 2.24) is 0 Å². The van der Waals surface area contributed by atoms with Crippen LogP contribution in [-0.2, 0) is 0 Å². The number of benzene rings is 1. The standard InChI is InChI=1S/C7H5ClFI/c1-4-2-3-5(8)7(10)6(4)9/h2-3H,1H3.